The van der Waals surface area contributed by atoms with Crippen molar-refractivity contribution >= 4 is 18.0 Å². The van der Waals surface area contributed by atoms with Crippen LogP contribution < -0.4 is 0 Å². The van der Waals surface area contributed by atoms with Crippen LogP contribution in [0.25, 0.3) is 0 Å². The number of carbonyl (C=O) groups excluding carboxylic acids is 1. The Hall–Kier alpha value is -0.760. The van der Waals surface area contributed by atoms with Crippen molar-refractivity contribution in [1.82, 2.24) is 0 Å². The first-order valence-corrected chi connectivity index (χ1v) is 5.86. The summed E-state index contributed by atoms with van der Waals surface area (Å²) in [5.41, 5.74) is 5.57. The molecule has 14 heavy (non-hydrogen) atoms. The van der Waals surface area contributed by atoms with E-state index >= 15 is 0 Å². The molecule has 0 aromatic heterocycles. The quantitative estimate of drug-likeness (QED) is 0.547. The topological polar surface area (TPSA) is 17.1 Å². The molecule has 0 heterocycles. The van der Waals surface area contributed by atoms with Crippen molar-refractivity contribution in [2.75, 3.05) is 6.26 Å². The molecule has 0 unspecified atom stereocenters. The number of rotatable bonds is 2. The summed E-state index contributed by atoms with van der Waals surface area (Å²) in [7, 11) is 0. The summed E-state index contributed by atoms with van der Waals surface area (Å²) in [5, 5.41) is 0. The molecule has 0 radical (unpaired) electrons. The SMILES string of the molecule is CSc1c(C)c(C)c(C=O)c(C)c1C. The molecule has 1 aromatic carbocycles. The summed E-state index contributed by atoms with van der Waals surface area (Å²) in [4.78, 5) is 12.3. The lowest BCUT2D eigenvalue weighted by Crippen LogP contribution is -2.00. The minimum Gasteiger partial charge on any atom is -0.298 e. The Bertz CT molecular complexity index is 351. The minimum absolute atomic E-state index is 0.859. The van der Waals surface area contributed by atoms with E-state index in [1.54, 1.807) is 11.8 Å². The number of carbonyl (C=O) groups is 1. The van der Waals surface area contributed by atoms with Gasteiger partial charge in [0.15, 0.2) is 6.29 Å². The fraction of sp³-hybridized carbons (Fsp3) is 0.417. The average Bonchev–Trinajstić information content (AvgIpc) is 2.17. The lowest BCUT2D eigenvalue weighted by molar-refractivity contribution is 0.112. The van der Waals surface area contributed by atoms with E-state index < -0.39 is 0 Å². The smallest absolute Gasteiger partial charge is 0.150 e. The molecule has 0 saturated carbocycles. The first kappa shape index (κ1) is 11.3. The normalized spacial score (nSPS) is 10.4. The van der Waals surface area contributed by atoms with Crippen molar-refractivity contribution in [1.29, 1.82) is 0 Å². The zero-order chi connectivity index (χ0) is 10.9. The van der Waals surface area contributed by atoms with Gasteiger partial charge in [0.25, 0.3) is 0 Å². The lowest BCUT2D eigenvalue weighted by Gasteiger charge is -2.15. The number of thioether (sulfide) groups is 1. The number of hydrogen-bond donors (Lipinski definition) is 0. The van der Waals surface area contributed by atoms with Crippen LogP contribution in [0.4, 0.5) is 0 Å². The van der Waals surface area contributed by atoms with Gasteiger partial charge in [0.2, 0.25) is 0 Å². The standard InChI is InChI=1S/C12H16OS/c1-7-9(3)12(14-5)10(4)8(2)11(7)6-13/h6H,1-5H3. The highest BCUT2D eigenvalue weighted by Crippen LogP contribution is 2.31. The van der Waals surface area contributed by atoms with Crippen molar-refractivity contribution in [3.63, 3.8) is 0 Å². The zero-order valence-corrected chi connectivity index (χ0v) is 10.2. The van der Waals surface area contributed by atoms with Gasteiger partial charge in [-0.1, -0.05) is 0 Å². The third kappa shape index (κ3) is 1.59. The van der Waals surface area contributed by atoms with E-state index in [4.69, 9.17) is 0 Å². The van der Waals surface area contributed by atoms with Gasteiger partial charge < -0.3 is 0 Å². The number of hydrogen-bond acceptors (Lipinski definition) is 2. The summed E-state index contributed by atoms with van der Waals surface area (Å²) in [6, 6.07) is 0. The summed E-state index contributed by atoms with van der Waals surface area (Å²) in [6.45, 7) is 8.21. The van der Waals surface area contributed by atoms with E-state index in [9.17, 15) is 4.79 Å². The van der Waals surface area contributed by atoms with Gasteiger partial charge in [-0.15, -0.1) is 11.8 Å². The van der Waals surface area contributed by atoms with E-state index in [1.807, 2.05) is 13.8 Å². The van der Waals surface area contributed by atoms with Gasteiger partial charge in [-0.25, -0.2) is 0 Å². The second kappa shape index (κ2) is 4.18. The Morgan fingerprint density at radius 3 is 1.64 bits per heavy atom. The van der Waals surface area contributed by atoms with Crippen LogP contribution in [0, 0.1) is 27.7 Å². The molecular weight excluding hydrogens is 192 g/mol. The third-order valence-electron chi connectivity index (χ3n) is 2.94. The summed E-state index contributed by atoms with van der Waals surface area (Å²) in [6.07, 6.45) is 3.05. The average molecular weight is 208 g/mol. The Balaban J connectivity index is 3.63. The zero-order valence-electron chi connectivity index (χ0n) is 9.39. The highest BCUT2D eigenvalue weighted by atomic mass is 32.2. The molecule has 0 amide bonds. The van der Waals surface area contributed by atoms with Gasteiger partial charge in [0.1, 0.15) is 0 Å². The molecular formula is C12H16OS. The van der Waals surface area contributed by atoms with Gasteiger partial charge in [0, 0.05) is 10.5 Å². The molecule has 76 valence electrons. The second-order valence-electron chi connectivity index (χ2n) is 3.56. The Morgan fingerprint density at radius 2 is 1.36 bits per heavy atom. The van der Waals surface area contributed by atoms with Crippen molar-refractivity contribution in [2.45, 2.75) is 32.6 Å². The van der Waals surface area contributed by atoms with Gasteiger partial charge in [-0.3, -0.25) is 4.79 Å². The predicted octanol–water partition coefficient (Wildman–Crippen LogP) is 3.45. The van der Waals surface area contributed by atoms with Crippen LogP contribution in [-0.4, -0.2) is 12.5 Å². The van der Waals surface area contributed by atoms with E-state index in [2.05, 4.69) is 20.1 Å². The fourth-order valence-corrected chi connectivity index (χ4v) is 2.71. The van der Waals surface area contributed by atoms with Gasteiger partial charge in [-0.05, 0) is 56.2 Å². The predicted molar refractivity (Wildman–Crippen MR) is 62.6 cm³/mol. The van der Waals surface area contributed by atoms with Crippen LogP contribution in [0.2, 0.25) is 0 Å². The van der Waals surface area contributed by atoms with E-state index in [0.717, 1.165) is 23.0 Å². The van der Waals surface area contributed by atoms with Crippen LogP contribution in [-0.2, 0) is 0 Å². The third-order valence-corrected chi connectivity index (χ3v) is 3.96. The van der Waals surface area contributed by atoms with Crippen LogP contribution in [0.15, 0.2) is 4.90 Å². The number of aldehydes is 1. The van der Waals surface area contributed by atoms with Crippen LogP contribution >= 0.6 is 11.8 Å². The molecule has 0 aliphatic carbocycles. The highest BCUT2D eigenvalue weighted by Gasteiger charge is 2.12. The molecule has 0 bridgehead atoms. The largest absolute Gasteiger partial charge is 0.298 e. The second-order valence-corrected chi connectivity index (χ2v) is 4.38. The Morgan fingerprint density at radius 1 is 0.929 bits per heavy atom. The molecule has 0 saturated heterocycles. The highest BCUT2D eigenvalue weighted by molar-refractivity contribution is 7.98. The molecule has 1 aromatic rings. The fourth-order valence-electron chi connectivity index (χ4n) is 1.79. The van der Waals surface area contributed by atoms with E-state index in [0.29, 0.717) is 0 Å². The first-order chi connectivity index (χ1) is 6.54. The lowest BCUT2D eigenvalue weighted by atomic mass is 9.95. The molecule has 0 aliphatic heterocycles. The first-order valence-electron chi connectivity index (χ1n) is 4.64. The molecule has 2 heteroatoms. The maximum Gasteiger partial charge on any atom is 0.150 e. The van der Waals surface area contributed by atoms with Crippen LogP contribution in [0.3, 0.4) is 0 Å². The molecule has 1 nitrogen and oxygen atoms in total. The maximum atomic E-state index is 10.9. The van der Waals surface area contributed by atoms with E-state index in [-0.39, 0.29) is 0 Å². The summed E-state index contributed by atoms with van der Waals surface area (Å²) >= 11 is 1.75. The Labute approximate surface area is 89.9 Å². The number of benzene rings is 1. The van der Waals surface area contributed by atoms with Crippen LogP contribution in [0.1, 0.15) is 32.6 Å². The van der Waals surface area contributed by atoms with Gasteiger partial charge >= 0.3 is 0 Å². The maximum absolute atomic E-state index is 10.9. The molecule has 0 atom stereocenters. The minimum atomic E-state index is 0.859. The van der Waals surface area contributed by atoms with Crippen molar-refractivity contribution in [3.8, 4) is 0 Å². The Kier molecular flexibility index (Phi) is 3.38. The van der Waals surface area contributed by atoms with Crippen molar-refractivity contribution in [2.24, 2.45) is 0 Å². The van der Waals surface area contributed by atoms with Gasteiger partial charge in [0.05, 0.1) is 0 Å². The van der Waals surface area contributed by atoms with Crippen molar-refractivity contribution in [3.05, 3.63) is 27.8 Å². The molecule has 0 aliphatic rings. The summed E-state index contributed by atoms with van der Waals surface area (Å²) in [5.74, 6) is 0. The van der Waals surface area contributed by atoms with Crippen molar-refractivity contribution < 1.29 is 4.79 Å². The summed E-state index contributed by atoms with van der Waals surface area (Å²) < 4.78 is 0. The monoisotopic (exact) mass is 208 g/mol. The van der Waals surface area contributed by atoms with Crippen LogP contribution in [0.5, 0.6) is 0 Å². The molecule has 1 rings (SSSR count). The molecule has 0 fully saturated rings. The van der Waals surface area contributed by atoms with Gasteiger partial charge in [-0.2, -0.15) is 0 Å². The molecule has 0 spiro atoms. The van der Waals surface area contributed by atoms with E-state index in [1.165, 1.54) is 16.0 Å². The molecule has 0 N–H and O–H groups in total.